The highest BCUT2D eigenvalue weighted by Crippen LogP contribution is 2.25. The number of carbonyl (C=O) groups excluding carboxylic acids is 1. The van der Waals surface area contributed by atoms with Crippen LogP contribution in [0.3, 0.4) is 0 Å². The third-order valence-electron chi connectivity index (χ3n) is 3.25. The molecule has 0 saturated heterocycles. The quantitative estimate of drug-likeness (QED) is 0.603. The molecule has 24 heavy (non-hydrogen) atoms. The van der Waals surface area contributed by atoms with E-state index in [4.69, 9.17) is 0 Å². The maximum absolute atomic E-state index is 12.2. The van der Waals surface area contributed by atoms with Gasteiger partial charge in [0.15, 0.2) is 6.61 Å². The Morgan fingerprint density at radius 1 is 1.42 bits per heavy atom. The van der Waals surface area contributed by atoms with Crippen LogP contribution < -0.4 is 10.1 Å². The third kappa shape index (κ3) is 6.03. The van der Waals surface area contributed by atoms with Crippen LogP contribution in [0.1, 0.15) is 17.3 Å². The Morgan fingerprint density at radius 3 is 2.54 bits per heavy atom. The summed E-state index contributed by atoms with van der Waals surface area (Å²) in [6.45, 7) is 0.498. The fourth-order valence-electron chi connectivity index (χ4n) is 1.63. The minimum atomic E-state index is -4.55. The Bertz CT molecular complexity index is 605. The first-order valence-corrected chi connectivity index (χ1v) is 6.94. The molecule has 0 aliphatic rings. The summed E-state index contributed by atoms with van der Waals surface area (Å²) in [7, 11) is 3.59. The van der Waals surface area contributed by atoms with Crippen LogP contribution in [-0.2, 0) is 0 Å². The predicted molar refractivity (Wildman–Crippen MR) is 80.1 cm³/mol. The highest BCUT2D eigenvalue weighted by atomic mass is 19.4. The van der Waals surface area contributed by atoms with Gasteiger partial charge in [0, 0.05) is 18.7 Å². The van der Waals surface area contributed by atoms with E-state index in [1.54, 1.807) is 14.1 Å². The van der Waals surface area contributed by atoms with Crippen molar-refractivity contribution >= 4 is 11.6 Å². The van der Waals surface area contributed by atoms with Gasteiger partial charge in [-0.2, -0.15) is 13.2 Å². The van der Waals surface area contributed by atoms with Crippen molar-refractivity contribution < 1.29 is 27.6 Å². The molecule has 0 aromatic heterocycles. The molecule has 134 valence electrons. The number of ether oxygens (including phenoxy) is 1. The molecular weight excluding hydrogens is 331 g/mol. The summed E-state index contributed by atoms with van der Waals surface area (Å²) in [4.78, 5) is 24.2. The second kappa shape index (κ2) is 7.95. The van der Waals surface area contributed by atoms with Gasteiger partial charge in [0.25, 0.3) is 11.6 Å². The van der Waals surface area contributed by atoms with Gasteiger partial charge in [-0.3, -0.25) is 14.9 Å². The van der Waals surface area contributed by atoms with E-state index in [1.165, 1.54) is 0 Å². The molecule has 0 heterocycles. The molecule has 1 aromatic carbocycles. The predicted octanol–water partition coefficient (Wildman–Crippen LogP) is 2.22. The zero-order valence-electron chi connectivity index (χ0n) is 13.4. The van der Waals surface area contributed by atoms with Gasteiger partial charge in [-0.05, 0) is 33.2 Å². The first kappa shape index (κ1) is 19.7. The lowest BCUT2D eigenvalue weighted by Gasteiger charge is -2.20. The van der Waals surface area contributed by atoms with Gasteiger partial charge in [-0.15, -0.1) is 0 Å². The maximum Gasteiger partial charge on any atom is 0.422 e. The van der Waals surface area contributed by atoms with Crippen molar-refractivity contribution in [3.8, 4) is 5.75 Å². The van der Waals surface area contributed by atoms with E-state index >= 15 is 0 Å². The molecule has 7 nitrogen and oxygen atoms in total. The topological polar surface area (TPSA) is 84.7 Å². The number of hydrogen-bond acceptors (Lipinski definition) is 5. The summed E-state index contributed by atoms with van der Waals surface area (Å²) >= 11 is 0. The molecule has 0 radical (unpaired) electrons. The fraction of sp³-hybridized carbons (Fsp3) is 0.500. The highest BCUT2D eigenvalue weighted by molar-refractivity contribution is 5.98. The van der Waals surface area contributed by atoms with Crippen molar-refractivity contribution in [1.29, 1.82) is 0 Å². The Labute approximate surface area is 136 Å². The van der Waals surface area contributed by atoms with Crippen LogP contribution in [0.4, 0.5) is 18.9 Å². The molecule has 0 aliphatic carbocycles. The van der Waals surface area contributed by atoms with Gasteiger partial charge < -0.3 is 15.0 Å². The highest BCUT2D eigenvalue weighted by Gasteiger charge is 2.29. The van der Waals surface area contributed by atoms with E-state index in [2.05, 4.69) is 10.1 Å². The molecule has 0 bridgehead atoms. The number of likely N-dealkylation sites (N-methyl/N-ethyl adjacent to an activating group) is 1. The van der Waals surface area contributed by atoms with E-state index < -0.39 is 29.3 Å². The van der Waals surface area contributed by atoms with Crippen molar-refractivity contribution in [2.45, 2.75) is 19.1 Å². The Morgan fingerprint density at radius 2 is 2.04 bits per heavy atom. The second-order valence-electron chi connectivity index (χ2n) is 5.36. The zero-order valence-corrected chi connectivity index (χ0v) is 13.4. The largest absolute Gasteiger partial charge is 0.484 e. The molecule has 0 unspecified atom stereocenters. The van der Waals surface area contributed by atoms with Crippen molar-refractivity contribution in [1.82, 2.24) is 10.2 Å². The van der Waals surface area contributed by atoms with Crippen LogP contribution in [-0.4, -0.2) is 55.2 Å². The lowest BCUT2D eigenvalue weighted by Crippen LogP contribution is -2.38. The van der Waals surface area contributed by atoms with Crippen LogP contribution >= 0.6 is 0 Å². The lowest BCUT2D eigenvalue weighted by atomic mass is 10.1. The van der Waals surface area contributed by atoms with E-state index in [9.17, 15) is 28.1 Å². The number of nitrogens with one attached hydrogen (secondary N) is 1. The summed E-state index contributed by atoms with van der Waals surface area (Å²) in [5.74, 6) is -1.03. The maximum atomic E-state index is 12.2. The van der Waals surface area contributed by atoms with Crippen molar-refractivity contribution in [3.05, 3.63) is 33.9 Å². The molecule has 0 saturated carbocycles. The number of nitro groups is 1. The van der Waals surface area contributed by atoms with Gasteiger partial charge in [0.1, 0.15) is 11.3 Å². The molecule has 1 rings (SSSR count). The number of alkyl halides is 3. The lowest BCUT2D eigenvalue weighted by molar-refractivity contribution is -0.385. The second-order valence-corrected chi connectivity index (χ2v) is 5.36. The van der Waals surface area contributed by atoms with Crippen molar-refractivity contribution in [2.24, 2.45) is 0 Å². The molecule has 1 N–H and O–H groups in total. The van der Waals surface area contributed by atoms with Gasteiger partial charge in [0.2, 0.25) is 0 Å². The van der Waals surface area contributed by atoms with Crippen LogP contribution in [0.15, 0.2) is 18.2 Å². The SMILES string of the molecule is C[C@H](CNC(=O)c1cc(OCC(F)(F)F)ccc1[N+](=O)[O-])N(C)C. The number of hydrogen-bond donors (Lipinski definition) is 1. The van der Waals surface area contributed by atoms with Gasteiger partial charge in [0.05, 0.1) is 4.92 Å². The normalized spacial score (nSPS) is 12.8. The van der Waals surface area contributed by atoms with Crippen molar-refractivity contribution in [2.75, 3.05) is 27.2 Å². The average Bonchev–Trinajstić information content (AvgIpc) is 2.48. The first-order valence-electron chi connectivity index (χ1n) is 6.94. The first-order chi connectivity index (χ1) is 11.0. The smallest absolute Gasteiger partial charge is 0.422 e. The zero-order chi connectivity index (χ0) is 18.5. The van der Waals surface area contributed by atoms with Gasteiger partial charge in [-0.1, -0.05) is 0 Å². The molecular formula is C14H18F3N3O4. The Kier molecular flexibility index (Phi) is 6.52. The number of halogens is 3. The van der Waals surface area contributed by atoms with Gasteiger partial charge in [-0.25, -0.2) is 0 Å². The van der Waals surface area contributed by atoms with Crippen molar-refractivity contribution in [3.63, 3.8) is 0 Å². The molecule has 1 atom stereocenters. The molecule has 0 spiro atoms. The van der Waals surface area contributed by atoms with E-state index in [-0.39, 0.29) is 23.9 Å². The number of rotatable bonds is 7. The summed E-state index contributed by atoms with van der Waals surface area (Å²) in [5.41, 5.74) is -0.866. The monoisotopic (exact) mass is 349 g/mol. The van der Waals surface area contributed by atoms with Crippen LogP contribution in [0.5, 0.6) is 5.75 Å². The number of nitro benzene ring substituents is 1. The molecule has 0 fully saturated rings. The van der Waals surface area contributed by atoms with Gasteiger partial charge >= 0.3 is 6.18 Å². The minimum absolute atomic E-state index is 0.0299. The summed E-state index contributed by atoms with van der Waals surface area (Å²) < 4.78 is 41.1. The Balaban J connectivity index is 2.96. The standard InChI is InChI=1S/C14H18F3N3O4/c1-9(19(2)3)7-18-13(21)11-6-10(24-8-14(15,16)17)4-5-12(11)20(22)23/h4-6,9H,7-8H2,1-3H3,(H,18,21)/t9-/m1/s1. The number of amides is 1. The van der Waals surface area contributed by atoms with Crippen LogP contribution in [0.25, 0.3) is 0 Å². The molecule has 1 aromatic rings. The molecule has 0 aliphatic heterocycles. The summed E-state index contributed by atoms with van der Waals surface area (Å²) in [6.07, 6.45) is -4.55. The summed E-state index contributed by atoms with van der Waals surface area (Å²) in [5, 5.41) is 13.5. The number of benzene rings is 1. The number of nitrogens with zero attached hydrogens (tertiary/aromatic N) is 2. The number of carbonyl (C=O) groups is 1. The Hall–Kier alpha value is -2.36. The fourth-order valence-corrected chi connectivity index (χ4v) is 1.63. The summed E-state index contributed by atoms with van der Waals surface area (Å²) in [6, 6.07) is 2.86. The van der Waals surface area contributed by atoms with Crippen LogP contribution in [0.2, 0.25) is 0 Å². The molecule has 1 amide bonds. The van der Waals surface area contributed by atoms with E-state index in [0.717, 1.165) is 18.2 Å². The van der Waals surface area contributed by atoms with E-state index in [1.807, 2.05) is 11.8 Å². The third-order valence-corrected chi connectivity index (χ3v) is 3.25. The van der Waals surface area contributed by atoms with E-state index in [0.29, 0.717) is 0 Å². The van der Waals surface area contributed by atoms with Crippen LogP contribution in [0, 0.1) is 10.1 Å². The average molecular weight is 349 g/mol. The molecule has 10 heteroatoms. The minimum Gasteiger partial charge on any atom is -0.484 e.